The van der Waals surface area contributed by atoms with Crippen molar-refractivity contribution in [2.75, 3.05) is 13.7 Å². The molecule has 1 N–H and O–H groups in total. The van der Waals surface area contributed by atoms with Crippen LogP contribution < -0.4 is 14.8 Å². The van der Waals surface area contributed by atoms with Gasteiger partial charge in [-0.25, -0.2) is 0 Å². The van der Waals surface area contributed by atoms with Crippen LogP contribution in [0.15, 0.2) is 41.8 Å². The van der Waals surface area contributed by atoms with E-state index in [2.05, 4.69) is 22.8 Å². The van der Waals surface area contributed by atoms with Crippen molar-refractivity contribution < 1.29 is 9.47 Å². The molecular weight excluding hydrogens is 246 g/mol. The average molecular weight is 261 g/mol. The second-order valence-corrected chi connectivity index (χ2v) is 5.18. The van der Waals surface area contributed by atoms with E-state index in [1.165, 1.54) is 4.88 Å². The summed E-state index contributed by atoms with van der Waals surface area (Å²) in [5.41, 5.74) is 0. The molecule has 3 rings (SSSR count). The minimum absolute atomic E-state index is 0.00329. The maximum Gasteiger partial charge on any atom is 0.161 e. The molecule has 1 aromatic heterocycles. The van der Waals surface area contributed by atoms with Gasteiger partial charge in [-0.1, -0.05) is 18.2 Å². The molecular formula is C14H15NO2S. The van der Waals surface area contributed by atoms with Gasteiger partial charge in [0.15, 0.2) is 17.6 Å². The van der Waals surface area contributed by atoms with Crippen LogP contribution in [0.1, 0.15) is 10.9 Å². The van der Waals surface area contributed by atoms with Gasteiger partial charge in [-0.15, -0.1) is 11.3 Å². The van der Waals surface area contributed by atoms with Gasteiger partial charge in [-0.3, -0.25) is 0 Å². The molecule has 4 heteroatoms. The number of ether oxygens (including phenoxy) is 2. The first-order chi connectivity index (χ1) is 8.88. The number of fused-ring (bicyclic) bond motifs is 1. The third-order valence-corrected chi connectivity index (χ3v) is 4.02. The number of rotatable bonds is 3. The summed E-state index contributed by atoms with van der Waals surface area (Å²) in [4.78, 5) is 1.27. The first-order valence-corrected chi connectivity index (χ1v) is 6.85. The normalized spacial score (nSPS) is 19.5. The van der Waals surface area contributed by atoms with Gasteiger partial charge in [0.05, 0.1) is 6.04 Å². The summed E-state index contributed by atoms with van der Waals surface area (Å²) < 4.78 is 11.8. The van der Waals surface area contributed by atoms with E-state index in [0.717, 1.165) is 11.5 Å². The van der Waals surface area contributed by atoms with Crippen LogP contribution in [-0.4, -0.2) is 19.8 Å². The summed E-state index contributed by atoms with van der Waals surface area (Å²) in [5.74, 6) is 1.65. The lowest BCUT2D eigenvalue weighted by Crippen LogP contribution is -2.40. The molecule has 0 fully saturated rings. The Morgan fingerprint density at radius 3 is 2.78 bits per heavy atom. The Morgan fingerprint density at radius 1 is 1.22 bits per heavy atom. The molecule has 94 valence electrons. The quantitative estimate of drug-likeness (QED) is 0.921. The number of para-hydroxylation sites is 2. The fraction of sp³-hybridized carbons (Fsp3) is 0.286. The zero-order chi connectivity index (χ0) is 12.4. The lowest BCUT2D eigenvalue weighted by atomic mass is 10.1. The highest BCUT2D eigenvalue weighted by molar-refractivity contribution is 7.10. The number of thiophene rings is 1. The Labute approximate surface area is 110 Å². The molecule has 3 nitrogen and oxygen atoms in total. The van der Waals surface area contributed by atoms with Crippen LogP contribution in [0.2, 0.25) is 0 Å². The molecule has 18 heavy (non-hydrogen) atoms. The number of hydrogen-bond acceptors (Lipinski definition) is 4. The van der Waals surface area contributed by atoms with E-state index in [1.54, 1.807) is 11.3 Å². The van der Waals surface area contributed by atoms with Gasteiger partial charge in [0.1, 0.15) is 6.61 Å². The van der Waals surface area contributed by atoms with Crippen LogP contribution in [0.25, 0.3) is 0 Å². The fourth-order valence-electron chi connectivity index (χ4n) is 2.18. The van der Waals surface area contributed by atoms with Gasteiger partial charge in [0.2, 0.25) is 0 Å². The van der Waals surface area contributed by atoms with Crippen molar-refractivity contribution in [3.05, 3.63) is 46.7 Å². The molecule has 0 saturated heterocycles. The molecule has 0 spiro atoms. The van der Waals surface area contributed by atoms with Crippen LogP contribution in [0.3, 0.4) is 0 Å². The van der Waals surface area contributed by atoms with Gasteiger partial charge in [0, 0.05) is 4.88 Å². The maximum atomic E-state index is 6.03. The Balaban J connectivity index is 1.82. The van der Waals surface area contributed by atoms with E-state index in [0.29, 0.717) is 6.61 Å². The third kappa shape index (κ3) is 2.09. The molecule has 1 aliphatic heterocycles. The van der Waals surface area contributed by atoms with E-state index in [9.17, 15) is 0 Å². The zero-order valence-electron chi connectivity index (χ0n) is 10.1. The van der Waals surface area contributed by atoms with E-state index in [1.807, 2.05) is 31.3 Å². The van der Waals surface area contributed by atoms with Crippen molar-refractivity contribution in [3.63, 3.8) is 0 Å². The van der Waals surface area contributed by atoms with Gasteiger partial charge >= 0.3 is 0 Å². The number of likely N-dealkylation sites (N-methyl/N-ethyl adjacent to an activating group) is 1. The summed E-state index contributed by atoms with van der Waals surface area (Å²) in [6.07, 6.45) is 0.00329. The molecule has 0 aliphatic carbocycles. The standard InChI is InChI=1S/C14H15NO2S/c1-15-14(13-7-4-8-18-13)12-9-16-10-5-2-3-6-11(10)17-12/h2-8,12,14-15H,9H2,1H3. The molecule has 0 saturated carbocycles. The SMILES string of the molecule is CNC(c1cccs1)C1COc2ccccc2O1. The van der Waals surface area contributed by atoms with Crippen LogP contribution in [-0.2, 0) is 0 Å². The molecule has 0 radical (unpaired) electrons. The minimum atomic E-state index is 0.00329. The van der Waals surface area contributed by atoms with Gasteiger partial charge in [-0.2, -0.15) is 0 Å². The maximum absolute atomic E-state index is 6.03. The summed E-state index contributed by atoms with van der Waals surface area (Å²) in [6.45, 7) is 0.570. The summed E-state index contributed by atoms with van der Waals surface area (Å²) in [6, 6.07) is 12.1. The van der Waals surface area contributed by atoms with E-state index in [-0.39, 0.29) is 12.1 Å². The topological polar surface area (TPSA) is 30.5 Å². The zero-order valence-corrected chi connectivity index (χ0v) is 10.9. The molecule has 2 aromatic rings. The first-order valence-electron chi connectivity index (χ1n) is 5.97. The molecule has 0 amide bonds. The predicted molar refractivity (Wildman–Crippen MR) is 72.5 cm³/mol. The van der Waals surface area contributed by atoms with Crippen LogP contribution in [0.4, 0.5) is 0 Å². The highest BCUT2D eigenvalue weighted by Gasteiger charge is 2.29. The molecule has 2 heterocycles. The second-order valence-electron chi connectivity index (χ2n) is 4.20. The van der Waals surface area contributed by atoms with Gasteiger partial charge < -0.3 is 14.8 Å². The summed E-state index contributed by atoms with van der Waals surface area (Å²) >= 11 is 1.73. The lowest BCUT2D eigenvalue weighted by molar-refractivity contribution is 0.0647. The molecule has 1 aromatic carbocycles. The lowest BCUT2D eigenvalue weighted by Gasteiger charge is -2.31. The number of hydrogen-bond donors (Lipinski definition) is 1. The van der Waals surface area contributed by atoms with Crippen molar-refractivity contribution in [3.8, 4) is 11.5 Å². The number of benzene rings is 1. The molecule has 1 aliphatic rings. The van der Waals surface area contributed by atoms with Crippen LogP contribution >= 0.6 is 11.3 Å². The Kier molecular flexibility index (Phi) is 3.21. The Hall–Kier alpha value is -1.52. The van der Waals surface area contributed by atoms with Crippen LogP contribution in [0.5, 0.6) is 11.5 Å². The smallest absolute Gasteiger partial charge is 0.161 e. The fourth-order valence-corrected chi connectivity index (χ4v) is 3.07. The monoisotopic (exact) mass is 261 g/mol. The van der Waals surface area contributed by atoms with Crippen molar-refractivity contribution >= 4 is 11.3 Å². The molecule has 2 atom stereocenters. The third-order valence-electron chi connectivity index (χ3n) is 3.06. The van der Waals surface area contributed by atoms with E-state index in [4.69, 9.17) is 9.47 Å². The summed E-state index contributed by atoms with van der Waals surface area (Å²) in [5, 5.41) is 5.39. The van der Waals surface area contributed by atoms with Crippen molar-refractivity contribution in [2.24, 2.45) is 0 Å². The van der Waals surface area contributed by atoms with Gasteiger partial charge in [-0.05, 0) is 30.6 Å². The molecule has 0 bridgehead atoms. The minimum Gasteiger partial charge on any atom is -0.486 e. The molecule has 2 unspecified atom stereocenters. The van der Waals surface area contributed by atoms with Crippen molar-refractivity contribution in [1.29, 1.82) is 0 Å². The Bertz CT molecular complexity index is 512. The largest absolute Gasteiger partial charge is 0.486 e. The highest BCUT2D eigenvalue weighted by Crippen LogP contribution is 2.35. The Morgan fingerprint density at radius 2 is 2.06 bits per heavy atom. The van der Waals surface area contributed by atoms with Crippen molar-refractivity contribution in [1.82, 2.24) is 5.32 Å². The number of nitrogens with one attached hydrogen (secondary N) is 1. The van der Waals surface area contributed by atoms with Crippen molar-refractivity contribution in [2.45, 2.75) is 12.1 Å². The highest BCUT2D eigenvalue weighted by atomic mass is 32.1. The second kappa shape index (κ2) is 5.00. The van der Waals surface area contributed by atoms with Crippen LogP contribution in [0, 0.1) is 0 Å². The van der Waals surface area contributed by atoms with E-state index < -0.39 is 0 Å². The van der Waals surface area contributed by atoms with E-state index >= 15 is 0 Å². The predicted octanol–water partition coefficient (Wildman–Crippen LogP) is 2.85. The average Bonchev–Trinajstić information content (AvgIpc) is 2.93. The first kappa shape index (κ1) is 11.6. The van der Waals surface area contributed by atoms with Gasteiger partial charge in [0.25, 0.3) is 0 Å². The summed E-state index contributed by atoms with van der Waals surface area (Å²) in [7, 11) is 1.95.